The zero-order valence-corrected chi connectivity index (χ0v) is 17.5. The van der Waals surface area contributed by atoms with E-state index in [0.29, 0.717) is 9.79 Å². The molecule has 0 N–H and O–H groups in total. The van der Waals surface area contributed by atoms with Crippen molar-refractivity contribution < 1.29 is 8.42 Å². The summed E-state index contributed by atoms with van der Waals surface area (Å²) in [6.07, 6.45) is 0. The first-order valence-electron chi connectivity index (χ1n) is 8.71. The van der Waals surface area contributed by atoms with E-state index < -0.39 is 9.84 Å². The molecule has 136 valence electrons. The fourth-order valence-electron chi connectivity index (χ4n) is 2.81. The lowest BCUT2D eigenvalue weighted by Crippen LogP contribution is -2.15. The van der Waals surface area contributed by atoms with Crippen molar-refractivity contribution in [1.82, 2.24) is 0 Å². The SMILES string of the molecule is Cc1cc(C(C)(C)C)cc(S(=O)(=O)c2cc(C)cc(C(C)(C)C)c2)c1. The Morgan fingerprint density at radius 1 is 0.600 bits per heavy atom. The maximum atomic E-state index is 13.3. The third-order valence-corrected chi connectivity index (χ3v) is 6.17. The summed E-state index contributed by atoms with van der Waals surface area (Å²) in [7, 11) is -3.55. The van der Waals surface area contributed by atoms with Gasteiger partial charge in [0.15, 0.2) is 0 Å². The van der Waals surface area contributed by atoms with Gasteiger partial charge in [0.25, 0.3) is 0 Å². The van der Waals surface area contributed by atoms with Gasteiger partial charge in [0.2, 0.25) is 9.84 Å². The summed E-state index contributed by atoms with van der Waals surface area (Å²) in [6.45, 7) is 16.5. The number of sulfone groups is 1. The minimum Gasteiger partial charge on any atom is -0.219 e. The van der Waals surface area contributed by atoms with Gasteiger partial charge in [0.05, 0.1) is 9.79 Å². The van der Waals surface area contributed by atoms with Crippen molar-refractivity contribution in [3.63, 3.8) is 0 Å². The van der Waals surface area contributed by atoms with Gasteiger partial charge in [0, 0.05) is 0 Å². The second-order valence-electron chi connectivity index (χ2n) is 9.07. The number of rotatable bonds is 2. The Morgan fingerprint density at radius 3 is 1.20 bits per heavy atom. The summed E-state index contributed by atoms with van der Waals surface area (Å²) in [5.41, 5.74) is 3.81. The molecule has 3 heteroatoms. The fraction of sp³-hybridized carbons (Fsp3) is 0.455. The van der Waals surface area contributed by atoms with Gasteiger partial charge in [-0.1, -0.05) is 53.7 Å². The van der Waals surface area contributed by atoms with Gasteiger partial charge in [-0.15, -0.1) is 0 Å². The van der Waals surface area contributed by atoms with Gasteiger partial charge in [-0.05, 0) is 71.2 Å². The topological polar surface area (TPSA) is 34.1 Å². The maximum absolute atomic E-state index is 13.3. The molecule has 0 aliphatic heterocycles. The molecular formula is C22H30O2S. The molecule has 2 aromatic carbocycles. The molecule has 2 rings (SSSR count). The van der Waals surface area contributed by atoms with Crippen LogP contribution in [0, 0.1) is 13.8 Å². The Labute approximate surface area is 153 Å². The molecular weight excluding hydrogens is 328 g/mol. The molecule has 0 aromatic heterocycles. The van der Waals surface area contributed by atoms with Gasteiger partial charge < -0.3 is 0 Å². The molecule has 0 radical (unpaired) electrons. The number of hydrogen-bond acceptors (Lipinski definition) is 2. The van der Waals surface area contributed by atoms with Crippen molar-refractivity contribution in [2.45, 2.75) is 76.0 Å². The van der Waals surface area contributed by atoms with Crippen LogP contribution in [0.5, 0.6) is 0 Å². The van der Waals surface area contributed by atoms with Gasteiger partial charge in [-0.25, -0.2) is 8.42 Å². The first-order valence-corrected chi connectivity index (χ1v) is 10.2. The highest BCUT2D eigenvalue weighted by molar-refractivity contribution is 7.91. The average Bonchev–Trinajstić information content (AvgIpc) is 2.44. The lowest BCUT2D eigenvalue weighted by Gasteiger charge is -2.22. The zero-order chi connectivity index (χ0) is 19.2. The zero-order valence-electron chi connectivity index (χ0n) is 16.7. The summed E-state index contributed by atoms with van der Waals surface area (Å²) in [4.78, 5) is 0.755. The van der Waals surface area contributed by atoms with Crippen LogP contribution in [0.15, 0.2) is 46.2 Å². The van der Waals surface area contributed by atoms with Crippen LogP contribution >= 0.6 is 0 Å². The maximum Gasteiger partial charge on any atom is 0.206 e. The molecule has 0 amide bonds. The molecule has 25 heavy (non-hydrogen) atoms. The molecule has 0 fully saturated rings. The minimum atomic E-state index is -3.55. The van der Waals surface area contributed by atoms with E-state index in [4.69, 9.17) is 0 Å². The Kier molecular flexibility index (Phi) is 4.95. The van der Waals surface area contributed by atoms with Crippen molar-refractivity contribution in [2.75, 3.05) is 0 Å². The number of benzene rings is 2. The van der Waals surface area contributed by atoms with Crippen molar-refractivity contribution in [1.29, 1.82) is 0 Å². The summed E-state index contributed by atoms with van der Waals surface area (Å²) in [6, 6.07) is 11.3. The van der Waals surface area contributed by atoms with Crippen molar-refractivity contribution in [3.05, 3.63) is 58.7 Å². The lowest BCUT2D eigenvalue weighted by atomic mass is 9.86. The van der Waals surface area contributed by atoms with Crippen molar-refractivity contribution >= 4 is 9.84 Å². The fourth-order valence-corrected chi connectivity index (χ4v) is 4.33. The predicted molar refractivity (Wildman–Crippen MR) is 105 cm³/mol. The standard InChI is InChI=1S/C22H30O2S/c1-15-9-17(21(3,4)5)13-19(11-15)25(23,24)20-12-16(2)10-18(14-20)22(6,7)8/h9-14H,1-8H3. The van der Waals surface area contributed by atoms with Gasteiger partial charge in [0.1, 0.15) is 0 Å². The van der Waals surface area contributed by atoms with E-state index in [9.17, 15) is 8.42 Å². The first kappa shape index (κ1) is 19.7. The molecule has 0 heterocycles. The van der Waals surface area contributed by atoms with Crippen molar-refractivity contribution in [2.24, 2.45) is 0 Å². The predicted octanol–water partition coefficient (Wildman–Crippen LogP) is 5.73. The molecule has 0 aliphatic rings. The van der Waals surface area contributed by atoms with Gasteiger partial charge >= 0.3 is 0 Å². The van der Waals surface area contributed by atoms with Crippen LogP contribution in [0.25, 0.3) is 0 Å². The average molecular weight is 359 g/mol. The highest BCUT2D eigenvalue weighted by Crippen LogP contribution is 2.32. The normalized spacial score (nSPS) is 13.1. The van der Waals surface area contributed by atoms with E-state index in [0.717, 1.165) is 22.3 Å². The first-order chi connectivity index (χ1) is 11.2. The molecule has 2 nitrogen and oxygen atoms in total. The highest BCUT2D eigenvalue weighted by Gasteiger charge is 2.24. The van der Waals surface area contributed by atoms with E-state index in [1.54, 1.807) is 12.1 Å². The van der Waals surface area contributed by atoms with E-state index in [-0.39, 0.29) is 10.8 Å². The van der Waals surface area contributed by atoms with E-state index >= 15 is 0 Å². The van der Waals surface area contributed by atoms with Gasteiger partial charge in [-0.3, -0.25) is 0 Å². The van der Waals surface area contributed by atoms with Gasteiger partial charge in [-0.2, -0.15) is 0 Å². The third-order valence-electron chi connectivity index (χ3n) is 4.45. The monoisotopic (exact) mass is 358 g/mol. The van der Waals surface area contributed by atoms with Crippen molar-refractivity contribution in [3.8, 4) is 0 Å². The number of aryl methyl sites for hydroxylation is 2. The smallest absolute Gasteiger partial charge is 0.206 e. The highest BCUT2D eigenvalue weighted by atomic mass is 32.2. The molecule has 0 saturated heterocycles. The van der Waals surface area contributed by atoms with E-state index in [2.05, 4.69) is 53.7 Å². The molecule has 0 spiro atoms. The number of hydrogen-bond donors (Lipinski definition) is 0. The van der Waals surface area contributed by atoms with Crippen LogP contribution in [0.2, 0.25) is 0 Å². The van der Waals surface area contributed by atoms with Crippen LogP contribution in [0.3, 0.4) is 0 Å². The summed E-state index contributed by atoms with van der Waals surface area (Å²) < 4.78 is 26.6. The summed E-state index contributed by atoms with van der Waals surface area (Å²) >= 11 is 0. The third kappa shape index (κ3) is 4.33. The second kappa shape index (κ2) is 6.28. The molecule has 0 saturated carbocycles. The van der Waals surface area contributed by atoms with Crippen LogP contribution in [-0.2, 0) is 20.7 Å². The molecule has 0 unspecified atom stereocenters. The Hall–Kier alpha value is -1.61. The molecule has 2 aromatic rings. The molecule has 0 atom stereocenters. The minimum absolute atomic E-state index is 0.0978. The Bertz CT molecular complexity index is 823. The molecule has 0 bridgehead atoms. The summed E-state index contributed by atoms with van der Waals surface area (Å²) in [5, 5.41) is 0. The van der Waals surface area contributed by atoms with Crippen LogP contribution in [0.1, 0.15) is 63.8 Å². The van der Waals surface area contributed by atoms with E-state index in [1.165, 1.54) is 0 Å². The Morgan fingerprint density at radius 2 is 0.920 bits per heavy atom. The summed E-state index contributed by atoms with van der Waals surface area (Å²) in [5.74, 6) is 0. The quantitative estimate of drug-likeness (QED) is 0.687. The van der Waals surface area contributed by atoms with E-state index in [1.807, 2.05) is 26.0 Å². The molecule has 0 aliphatic carbocycles. The van der Waals surface area contributed by atoms with Crippen LogP contribution in [0.4, 0.5) is 0 Å². The Balaban J connectivity index is 2.68. The largest absolute Gasteiger partial charge is 0.219 e. The van der Waals surface area contributed by atoms with Crippen LogP contribution in [-0.4, -0.2) is 8.42 Å². The second-order valence-corrected chi connectivity index (χ2v) is 11.0. The lowest BCUT2D eigenvalue weighted by molar-refractivity contribution is 0.579. The van der Waals surface area contributed by atoms with Crippen LogP contribution < -0.4 is 0 Å².